The molecule has 5 heteroatoms. The Balaban J connectivity index is 1.79. The minimum Gasteiger partial charge on any atom is -0.350 e. The number of nitrogens with zero attached hydrogens (tertiary/aromatic N) is 2. The van der Waals surface area contributed by atoms with Gasteiger partial charge < -0.3 is 5.32 Å². The highest BCUT2D eigenvalue weighted by atomic mass is 16.2. The summed E-state index contributed by atoms with van der Waals surface area (Å²) in [5.74, 6) is -0.425. The average Bonchev–Trinajstić information content (AvgIpc) is 3.05. The van der Waals surface area contributed by atoms with E-state index in [0.29, 0.717) is 28.3 Å². The number of rotatable bonds is 5. The second-order valence-corrected chi connectivity index (χ2v) is 8.56. The standard InChI is InChI=1S/C28H25N3O2/c1-17(2)21-9-11-23(12-10-21)30-26-25(22-8-5-18(3)19(4)15-22)27(32)31(28(26)33)24-13-6-20(16-29)7-14-24/h5-15,17,30H,1-4H3. The van der Waals surface area contributed by atoms with E-state index >= 15 is 0 Å². The Bertz CT molecular complexity index is 1310. The molecule has 3 aromatic rings. The first kappa shape index (κ1) is 22.0. The molecule has 0 saturated carbocycles. The predicted molar refractivity (Wildman–Crippen MR) is 131 cm³/mol. The molecule has 1 aliphatic heterocycles. The Hall–Kier alpha value is -4.17. The number of anilines is 2. The molecule has 0 fully saturated rings. The van der Waals surface area contributed by atoms with E-state index in [1.165, 1.54) is 5.56 Å². The second kappa shape index (κ2) is 8.76. The van der Waals surface area contributed by atoms with Gasteiger partial charge in [-0.25, -0.2) is 4.90 Å². The smallest absolute Gasteiger partial charge is 0.282 e. The lowest BCUT2D eigenvalue weighted by molar-refractivity contribution is -0.120. The highest BCUT2D eigenvalue weighted by Gasteiger charge is 2.40. The molecule has 0 atom stereocenters. The van der Waals surface area contributed by atoms with Gasteiger partial charge in [-0.15, -0.1) is 0 Å². The zero-order chi connectivity index (χ0) is 23.7. The van der Waals surface area contributed by atoms with Gasteiger partial charge in [-0.2, -0.15) is 5.26 Å². The van der Waals surface area contributed by atoms with E-state index in [1.54, 1.807) is 24.3 Å². The minimum atomic E-state index is -0.425. The van der Waals surface area contributed by atoms with Crippen LogP contribution in [0.4, 0.5) is 11.4 Å². The van der Waals surface area contributed by atoms with Crippen molar-refractivity contribution in [1.29, 1.82) is 5.26 Å². The van der Waals surface area contributed by atoms with Crippen LogP contribution in [0.5, 0.6) is 0 Å². The molecule has 1 heterocycles. The number of imide groups is 1. The van der Waals surface area contributed by atoms with Crippen LogP contribution in [0.15, 0.2) is 72.4 Å². The van der Waals surface area contributed by atoms with E-state index in [1.807, 2.05) is 56.3 Å². The van der Waals surface area contributed by atoms with E-state index < -0.39 is 11.8 Å². The number of aryl methyl sites for hydroxylation is 2. The highest BCUT2D eigenvalue weighted by molar-refractivity contribution is 6.46. The second-order valence-electron chi connectivity index (χ2n) is 8.56. The van der Waals surface area contributed by atoms with Gasteiger partial charge in [0.05, 0.1) is 22.9 Å². The molecule has 0 unspecified atom stereocenters. The summed E-state index contributed by atoms with van der Waals surface area (Å²) in [6.45, 7) is 8.24. The number of carbonyl (C=O) groups excluding carboxylic acids is 2. The van der Waals surface area contributed by atoms with Crippen LogP contribution >= 0.6 is 0 Å². The number of nitriles is 1. The van der Waals surface area contributed by atoms with Crippen molar-refractivity contribution in [1.82, 2.24) is 0 Å². The van der Waals surface area contributed by atoms with Crippen LogP contribution in [0.25, 0.3) is 5.57 Å². The largest absolute Gasteiger partial charge is 0.350 e. The number of amides is 2. The zero-order valence-corrected chi connectivity index (χ0v) is 19.1. The molecule has 2 amide bonds. The first-order chi connectivity index (χ1) is 15.8. The summed E-state index contributed by atoms with van der Waals surface area (Å²) >= 11 is 0. The normalized spacial score (nSPS) is 13.6. The summed E-state index contributed by atoms with van der Waals surface area (Å²) in [4.78, 5) is 28.2. The SMILES string of the molecule is Cc1ccc(C2=C(Nc3ccc(C(C)C)cc3)C(=O)N(c3ccc(C#N)cc3)C2=O)cc1C. The first-order valence-electron chi connectivity index (χ1n) is 10.9. The van der Waals surface area contributed by atoms with Crippen molar-refractivity contribution >= 4 is 28.8 Å². The maximum atomic E-state index is 13.6. The average molecular weight is 436 g/mol. The molecule has 1 N–H and O–H groups in total. The Kier molecular flexibility index (Phi) is 5.85. The van der Waals surface area contributed by atoms with Crippen molar-refractivity contribution < 1.29 is 9.59 Å². The predicted octanol–water partition coefficient (Wildman–Crippen LogP) is 5.70. The maximum absolute atomic E-state index is 13.6. The van der Waals surface area contributed by atoms with Crippen LogP contribution in [-0.4, -0.2) is 11.8 Å². The van der Waals surface area contributed by atoms with E-state index in [0.717, 1.165) is 21.7 Å². The quantitative estimate of drug-likeness (QED) is 0.522. The monoisotopic (exact) mass is 435 g/mol. The minimum absolute atomic E-state index is 0.241. The maximum Gasteiger partial charge on any atom is 0.282 e. The Morgan fingerprint density at radius 1 is 0.848 bits per heavy atom. The molecule has 0 spiro atoms. The van der Waals surface area contributed by atoms with Crippen LogP contribution in [0.1, 0.15) is 47.6 Å². The van der Waals surface area contributed by atoms with Gasteiger partial charge in [-0.05, 0) is 78.4 Å². The molecule has 0 radical (unpaired) electrons. The lowest BCUT2D eigenvalue weighted by Crippen LogP contribution is -2.32. The molecule has 5 nitrogen and oxygen atoms in total. The van der Waals surface area contributed by atoms with E-state index in [9.17, 15) is 9.59 Å². The Morgan fingerprint density at radius 2 is 1.52 bits per heavy atom. The lowest BCUT2D eigenvalue weighted by atomic mass is 9.99. The summed E-state index contributed by atoms with van der Waals surface area (Å²) < 4.78 is 0. The van der Waals surface area contributed by atoms with Crippen LogP contribution < -0.4 is 10.2 Å². The third kappa shape index (κ3) is 4.16. The molecule has 4 rings (SSSR count). The molecule has 164 valence electrons. The third-order valence-corrected chi connectivity index (χ3v) is 5.98. The molecule has 3 aromatic carbocycles. The zero-order valence-electron chi connectivity index (χ0n) is 19.1. The summed E-state index contributed by atoms with van der Waals surface area (Å²) in [5, 5.41) is 12.3. The van der Waals surface area contributed by atoms with Crippen molar-refractivity contribution in [2.75, 3.05) is 10.2 Å². The van der Waals surface area contributed by atoms with Gasteiger partial charge in [0, 0.05) is 5.69 Å². The van der Waals surface area contributed by atoms with E-state index in [-0.39, 0.29) is 5.70 Å². The van der Waals surface area contributed by atoms with Crippen molar-refractivity contribution in [3.8, 4) is 6.07 Å². The summed E-state index contributed by atoms with van der Waals surface area (Å²) in [6, 6.07) is 22.1. The molecule has 0 saturated heterocycles. The topological polar surface area (TPSA) is 73.2 Å². The Morgan fingerprint density at radius 3 is 2.09 bits per heavy atom. The Labute approximate surface area is 194 Å². The number of nitrogens with one attached hydrogen (secondary N) is 1. The van der Waals surface area contributed by atoms with Gasteiger partial charge in [-0.3, -0.25) is 9.59 Å². The van der Waals surface area contributed by atoms with Gasteiger partial charge in [0.1, 0.15) is 5.70 Å². The highest BCUT2D eigenvalue weighted by Crippen LogP contribution is 2.34. The molecular weight excluding hydrogens is 410 g/mol. The number of hydrogen-bond donors (Lipinski definition) is 1. The van der Waals surface area contributed by atoms with Gasteiger partial charge in [0.15, 0.2) is 0 Å². The van der Waals surface area contributed by atoms with Gasteiger partial charge in [0.2, 0.25) is 0 Å². The fourth-order valence-electron chi connectivity index (χ4n) is 3.83. The van der Waals surface area contributed by atoms with Gasteiger partial charge in [-0.1, -0.05) is 44.2 Å². The lowest BCUT2D eigenvalue weighted by Gasteiger charge is -2.15. The molecule has 1 aliphatic rings. The third-order valence-electron chi connectivity index (χ3n) is 5.98. The van der Waals surface area contributed by atoms with Gasteiger partial charge >= 0.3 is 0 Å². The summed E-state index contributed by atoms with van der Waals surface area (Å²) in [5.41, 5.74) is 6.23. The van der Waals surface area contributed by atoms with Crippen LogP contribution in [0.2, 0.25) is 0 Å². The van der Waals surface area contributed by atoms with Crippen molar-refractivity contribution in [2.24, 2.45) is 0 Å². The number of carbonyl (C=O) groups is 2. The summed E-state index contributed by atoms with van der Waals surface area (Å²) in [7, 11) is 0. The molecule has 0 aliphatic carbocycles. The van der Waals surface area contributed by atoms with E-state index in [2.05, 4.69) is 25.2 Å². The van der Waals surface area contributed by atoms with E-state index in [4.69, 9.17) is 5.26 Å². The first-order valence-corrected chi connectivity index (χ1v) is 10.9. The van der Waals surface area contributed by atoms with Crippen molar-refractivity contribution in [3.05, 3.63) is 100 Å². The van der Waals surface area contributed by atoms with Crippen LogP contribution in [0, 0.1) is 25.2 Å². The molecular formula is C28H25N3O2. The van der Waals surface area contributed by atoms with Crippen molar-refractivity contribution in [3.63, 3.8) is 0 Å². The fourth-order valence-corrected chi connectivity index (χ4v) is 3.83. The van der Waals surface area contributed by atoms with Crippen molar-refractivity contribution in [2.45, 2.75) is 33.6 Å². The number of benzene rings is 3. The fraction of sp³-hybridized carbons (Fsp3) is 0.179. The molecule has 0 bridgehead atoms. The number of hydrogen-bond acceptors (Lipinski definition) is 4. The molecule has 0 aromatic heterocycles. The summed E-state index contributed by atoms with van der Waals surface area (Å²) in [6.07, 6.45) is 0. The molecule has 33 heavy (non-hydrogen) atoms. The van der Waals surface area contributed by atoms with Crippen LogP contribution in [0.3, 0.4) is 0 Å². The van der Waals surface area contributed by atoms with Crippen LogP contribution in [-0.2, 0) is 9.59 Å². The van der Waals surface area contributed by atoms with Gasteiger partial charge in [0.25, 0.3) is 11.8 Å².